The molecule has 0 nitrogen and oxygen atoms in total. The maximum atomic E-state index is 2.34. The second-order valence-corrected chi connectivity index (χ2v) is 22.0. The summed E-state index contributed by atoms with van der Waals surface area (Å²) in [5.74, 6) is 0. The fourth-order valence-corrected chi connectivity index (χ4v) is 12.0. The predicted molar refractivity (Wildman–Crippen MR) is 344 cm³/mol. The molecule has 0 heteroatoms. The third kappa shape index (κ3) is 9.86. The van der Waals surface area contributed by atoms with Crippen LogP contribution in [0.1, 0.15) is 33.4 Å². The molecule has 14 aromatic carbocycles. The van der Waals surface area contributed by atoms with Crippen molar-refractivity contribution >= 4 is 129 Å². The first kappa shape index (κ1) is 48.3. The van der Waals surface area contributed by atoms with Crippen molar-refractivity contribution in [3.8, 4) is 0 Å². The Morgan fingerprint density at radius 2 is 0.205 bits per heavy atom. The Morgan fingerprint density at radius 3 is 0.308 bits per heavy atom. The van der Waals surface area contributed by atoms with E-state index in [0.29, 0.717) is 0 Å². The molecule has 78 heavy (non-hydrogen) atoms. The fourth-order valence-electron chi connectivity index (χ4n) is 12.0. The fraction of sp³-hybridized carbons (Fsp3) is 0.0769. The van der Waals surface area contributed by atoms with Crippen LogP contribution in [0.3, 0.4) is 0 Å². The molecule has 0 aromatic heterocycles. The molecule has 0 aliphatic rings. The van der Waals surface area contributed by atoms with Gasteiger partial charge in [0.1, 0.15) is 0 Å². The molecule has 0 fully saturated rings. The van der Waals surface area contributed by atoms with Gasteiger partial charge in [0.25, 0.3) is 0 Å². The van der Waals surface area contributed by atoms with Gasteiger partial charge < -0.3 is 0 Å². The lowest BCUT2D eigenvalue weighted by Gasteiger charge is -2.05. The van der Waals surface area contributed by atoms with Gasteiger partial charge >= 0.3 is 0 Å². The van der Waals surface area contributed by atoms with E-state index in [1.165, 1.54) is 163 Å². The van der Waals surface area contributed by atoms with E-state index in [0.717, 1.165) is 0 Å². The number of rotatable bonds is 0. The first-order valence-electron chi connectivity index (χ1n) is 27.3. The highest BCUT2D eigenvalue weighted by atomic mass is 14.1. The summed E-state index contributed by atoms with van der Waals surface area (Å²) in [7, 11) is 0. The van der Waals surface area contributed by atoms with Crippen molar-refractivity contribution in [3.63, 3.8) is 0 Å². The van der Waals surface area contributed by atoms with Crippen LogP contribution in [-0.2, 0) is 0 Å². The van der Waals surface area contributed by atoms with E-state index in [-0.39, 0.29) is 0 Å². The standard InChI is InChI=1S/2C39H30/c2*1-25-13-34-22-35(14-25)29-8-5-10-31(20-29)37-16-27(3)18-39(24-37)33-12-6-11-32(21-33)38-17-26(2)15-36(23-38)30-9-4-7-28(34)19-30/h2*4-24H,1-3H3. The van der Waals surface area contributed by atoms with E-state index in [2.05, 4.69) is 296 Å². The SMILES string of the molecule is Cc1cc2cc(c1)c1cccc(c1)c1cc(C)cc(c1)c1cccc(c1)c1cc(C)cc(c1)c1cccc2c1.Cc1cc2cc(c1)c1cccc(c1)c1cc(C)cc(c1)c1cccc(c1)c1cc(C)cc(c1)c1cccc2c1. The summed E-state index contributed by atoms with van der Waals surface area (Å²) < 4.78 is 0. The minimum Gasteiger partial charge on any atom is -0.0610 e. The molecule has 14 rings (SSSR count). The van der Waals surface area contributed by atoms with Crippen molar-refractivity contribution in [2.45, 2.75) is 41.5 Å². The van der Waals surface area contributed by atoms with Crippen LogP contribution in [0.15, 0.2) is 255 Å². The van der Waals surface area contributed by atoms with Gasteiger partial charge in [0.15, 0.2) is 0 Å². The summed E-state index contributed by atoms with van der Waals surface area (Å²) in [6, 6.07) is 95.4. The van der Waals surface area contributed by atoms with Crippen LogP contribution >= 0.6 is 0 Å². The molecule has 0 saturated heterocycles. The van der Waals surface area contributed by atoms with Crippen molar-refractivity contribution in [2.75, 3.05) is 0 Å². The van der Waals surface area contributed by atoms with Crippen LogP contribution in [0.5, 0.6) is 0 Å². The van der Waals surface area contributed by atoms with Gasteiger partial charge in [0.2, 0.25) is 0 Å². The maximum absolute atomic E-state index is 2.34. The lowest BCUT2D eigenvalue weighted by Crippen LogP contribution is -1.80. The molecule has 24 bridgehead atoms. The van der Waals surface area contributed by atoms with Gasteiger partial charge in [-0.3, -0.25) is 0 Å². The highest BCUT2D eigenvalue weighted by molar-refractivity contribution is 6.05. The van der Waals surface area contributed by atoms with Crippen molar-refractivity contribution in [1.82, 2.24) is 0 Å². The third-order valence-corrected chi connectivity index (χ3v) is 15.6. The normalized spacial score (nSPS) is 11.5. The Balaban J connectivity index is 0.000000148. The highest BCUT2D eigenvalue weighted by Crippen LogP contribution is 2.31. The molecule has 0 amide bonds. The van der Waals surface area contributed by atoms with Crippen LogP contribution in [0, 0.1) is 41.5 Å². The van der Waals surface area contributed by atoms with E-state index in [1.807, 2.05) is 0 Å². The Labute approximate surface area is 456 Å². The second-order valence-electron chi connectivity index (χ2n) is 22.0. The zero-order valence-electron chi connectivity index (χ0n) is 45.2. The summed E-state index contributed by atoms with van der Waals surface area (Å²) in [4.78, 5) is 0. The molecule has 0 atom stereocenters. The molecule has 0 saturated carbocycles. The van der Waals surface area contributed by atoms with E-state index in [9.17, 15) is 0 Å². The number of benzene rings is 12. The molecule has 0 heterocycles. The molecule has 0 N–H and O–H groups in total. The van der Waals surface area contributed by atoms with Gasteiger partial charge in [-0.1, -0.05) is 182 Å². The molecule has 0 aliphatic heterocycles. The smallest absolute Gasteiger partial charge is 0.0175 e. The summed E-state index contributed by atoms with van der Waals surface area (Å²) >= 11 is 0. The van der Waals surface area contributed by atoms with Gasteiger partial charge in [-0.15, -0.1) is 0 Å². The monoisotopic (exact) mass is 996 g/mol. The van der Waals surface area contributed by atoms with Gasteiger partial charge in [0, 0.05) is 0 Å². The van der Waals surface area contributed by atoms with Gasteiger partial charge in [-0.05, 0) is 277 Å². The minimum absolute atomic E-state index is 1.24. The van der Waals surface area contributed by atoms with Crippen molar-refractivity contribution in [3.05, 3.63) is 288 Å². The molecule has 0 aliphatic carbocycles. The molecular formula is C78H60. The van der Waals surface area contributed by atoms with Crippen LogP contribution in [0.4, 0.5) is 0 Å². The van der Waals surface area contributed by atoms with Gasteiger partial charge in [-0.2, -0.15) is 0 Å². The quantitative estimate of drug-likeness (QED) is 0.142. The van der Waals surface area contributed by atoms with Crippen LogP contribution in [0.2, 0.25) is 0 Å². The molecular weight excluding hydrogens is 937 g/mol. The van der Waals surface area contributed by atoms with Crippen molar-refractivity contribution in [2.24, 2.45) is 0 Å². The Hall–Kier alpha value is -9.36. The maximum Gasteiger partial charge on any atom is -0.0175 e. The average Bonchev–Trinajstić information content (AvgIpc) is 3.47. The molecule has 0 radical (unpaired) electrons. The molecule has 0 spiro atoms. The average molecular weight is 997 g/mol. The van der Waals surface area contributed by atoms with Crippen molar-refractivity contribution in [1.29, 1.82) is 0 Å². The first-order valence-corrected chi connectivity index (χ1v) is 27.3. The van der Waals surface area contributed by atoms with Crippen LogP contribution in [-0.4, -0.2) is 0 Å². The summed E-state index contributed by atoms with van der Waals surface area (Å²) in [6.07, 6.45) is 0. The number of hydrogen-bond donors (Lipinski definition) is 0. The summed E-state index contributed by atoms with van der Waals surface area (Å²) in [5.41, 5.74) is 7.59. The minimum atomic E-state index is 1.24. The number of aryl methyl sites for hydroxylation is 6. The zero-order chi connectivity index (χ0) is 53.0. The van der Waals surface area contributed by atoms with Gasteiger partial charge in [0.05, 0.1) is 0 Å². The molecule has 372 valence electrons. The lowest BCUT2D eigenvalue weighted by atomic mass is 10.00. The molecule has 0 unspecified atom stereocenters. The number of fused-ring (bicyclic) bond motifs is 36. The van der Waals surface area contributed by atoms with Crippen LogP contribution in [0.25, 0.3) is 129 Å². The Morgan fingerprint density at radius 1 is 0.115 bits per heavy atom. The molecule has 14 aromatic rings. The Kier molecular flexibility index (Phi) is 12.4. The van der Waals surface area contributed by atoms with E-state index < -0.39 is 0 Å². The first-order chi connectivity index (χ1) is 38.0. The highest BCUT2D eigenvalue weighted by Gasteiger charge is 2.05. The lowest BCUT2D eigenvalue weighted by molar-refractivity contribution is 1.52. The van der Waals surface area contributed by atoms with E-state index >= 15 is 0 Å². The zero-order valence-corrected chi connectivity index (χ0v) is 45.2. The number of hydrogen-bond acceptors (Lipinski definition) is 0. The second kappa shape index (κ2) is 20.0. The Bertz CT molecular complexity index is 3940. The largest absolute Gasteiger partial charge is 0.0610 e. The summed E-state index contributed by atoms with van der Waals surface area (Å²) in [5, 5.41) is 29.8. The van der Waals surface area contributed by atoms with Crippen LogP contribution < -0.4 is 0 Å². The topological polar surface area (TPSA) is 0 Å². The summed E-state index contributed by atoms with van der Waals surface area (Å²) in [6.45, 7) is 13.2. The van der Waals surface area contributed by atoms with Crippen molar-refractivity contribution < 1.29 is 0 Å². The predicted octanol–water partition coefficient (Wildman–Crippen LogP) is 22.4. The van der Waals surface area contributed by atoms with E-state index in [4.69, 9.17) is 0 Å². The van der Waals surface area contributed by atoms with Gasteiger partial charge in [-0.25, -0.2) is 0 Å². The third-order valence-electron chi connectivity index (χ3n) is 15.6. The van der Waals surface area contributed by atoms with E-state index in [1.54, 1.807) is 0 Å².